The SMILES string of the molecule is Nc1c(Cl)ncnc1NC1CC(Nc2ncc3ccccc3n2)C1. The fourth-order valence-electron chi connectivity index (χ4n) is 2.76. The van der Waals surface area contributed by atoms with Gasteiger partial charge in [0, 0.05) is 23.7 Å². The number of anilines is 3. The Labute approximate surface area is 143 Å². The minimum atomic E-state index is 0.270. The number of aromatic nitrogens is 4. The van der Waals surface area contributed by atoms with E-state index in [1.54, 1.807) is 0 Å². The summed E-state index contributed by atoms with van der Waals surface area (Å²) in [5, 5.41) is 7.96. The molecule has 4 rings (SSSR count). The van der Waals surface area contributed by atoms with Crippen LogP contribution >= 0.6 is 11.6 Å². The Morgan fingerprint density at radius 2 is 1.83 bits per heavy atom. The van der Waals surface area contributed by atoms with Gasteiger partial charge in [-0.25, -0.2) is 19.9 Å². The first-order valence-electron chi connectivity index (χ1n) is 7.70. The standard InChI is InChI=1S/C16H16ClN7/c17-14-13(18)15(21-8-20-14)22-10-5-11(6-10)23-16-19-7-9-3-1-2-4-12(9)24-16/h1-4,7-8,10-11H,5-6,18H2,(H,19,23,24)(H,20,21,22). The number of halogens is 1. The van der Waals surface area contributed by atoms with E-state index < -0.39 is 0 Å². The van der Waals surface area contributed by atoms with E-state index in [2.05, 4.69) is 30.6 Å². The van der Waals surface area contributed by atoms with Crippen molar-refractivity contribution in [2.24, 2.45) is 0 Å². The van der Waals surface area contributed by atoms with E-state index in [-0.39, 0.29) is 11.2 Å². The molecule has 7 nitrogen and oxygen atoms in total. The van der Waals surface area contributed by atoms with Gasteiger partial charge in [-0.2, -0.15) is 0 Å². The van der Waals surface area contributed by atoms with Crippen molar-refractivity contribution in [3.63, 3.8) is 0 Å². The number of hydrogen-bond acceptors (Lipinski definition) is 7. The third kappa shape index (κ3) is 2.90. The first-order chi connectivity index (χ1) is 11.7. The number of nitrogen functional groups attached to an aromatic ring is 1. The van der Waals surface area contributed by atoms with Crippen LogP contribution in [0.3, 0.4) is 0 Å². The zero-order valence-corrected chi connectivity index (χ0v) is 13.5. The molecule has 1 fully saturated rings. The van der Waals surface area contributed by atoms with Crippen molar-refractivity contribution in [2.45, 2.75) is 24.9 Å². The Kier molecular flexibility index (Phi) is 3.78. The van der Waals surface area contributed by atoms with Gasteiger partial charge >= 0.3 is 0 Å². The van der Waals surface area contributed by atoms with Gasteiger partial charge in [0.1, 0.15) is 12.0 Å². The van der Waals surface area contributed by atoms with Gasteiger partial charge in [0.05, 0.1) is 5.52 Å². The summed E-state index contributed by atoms with van der Waals surface area (Å²) >= 11 is 5.90. The van der Waals surface area contributed by atoms with E-state index in [9.17, 15) is 0 Å². The van der Waals surface area contributed by atoms with Gasteiger partial charge < -0.3 is 16.4 Å². The molecule has 0 spiro atoms. The molecular formula is C16H16ClN7. The smallest absolute Gasteiger partial charge is 0.223 e. The maximum Gasteiger partial charge on any atom is 0.223 e. The molecule has 3 aromatic rings. The van der Waals surface area contributed by atoms with Crippen molar-refractivity contribution < 1.29 is 0 Å². The van der Waals surface area contributed by atoms with Gasteiger partial charge in [0.15, 0.2) is 11.0 Å². The van der Waals surface area contributed by atoms with Crippen LogP contribution in [-0.2, 0) is 0 Å². The Hall–Kier alpha value is -2.67. The van der Waals surface area contributed by atoms with Crippen LogP contribution in [0, 0.1) is 0 Å². The fraction of sp³-hybridized carbons (Fsp3) is 0.250. The average Bonchev–Trinajstić information content (AvgIpc) is 2.56. The fourth-order valence-corrected chi connectivity index (χ4v) is 2.89. The van der Waals surface area contributed by atoms with Crippen molar-refractivity contribution in [2.75, 3.05) is 16.4 Å². The lowest BCUT2D eigenvalue weighted by molar-refractivity contribution is 0.395. The third-order valence-corrected chi connectivity index (χ3v) is 4.44. The van der Waals surface area contributed by atoms with E-state index in [4.69, 9.17) is 17.3 Å². The molecule has 2 heterocycles. The molecule has 122 valence electrons. The molecule has 24 heavy (non-hydrogen) atoms. The highest BCUT2D eigenvalue weighted by Gasteiger charge is 2.30. The summed E-state index contributed by atoms with van der Waals surface area (Å²) in [6.45, 7) is 0. The number of nitrogens with one attached hydrogen (secondary N) is 2. The monoisotopic (exact) mass is 341 g/mol. The lowest BCUT2D eigenvalue weighted by Gasteiger charge is -2.36. The quantitative estimate of drug-likeness (QED) is 0.627. The maximum absolute atomic E-state index is 5.90. The first kappa shape index (κ1) is 14.9. The third-order valence-electron chi connectivity index (χ3n) is 4.14. The predicted octanol–water partition coefficient (Wildman–Crippen LogP) is 2.71. The van der Waals surface area contributed by atoms with Crippen LogP contribution in [0.25, 0.3) is 10.9 Å². The second kappa shape index (κ2) is 6.09. The number of nitrogens with two attached hydrogens (primary N) is 1. The first-order valence-corrected chi connectivity index (χ1v) is 8.07. The topological polar surface area (TPSA) is 102 Å². The molecule has 0 bridgehead atoms. The molecule has 0 unspecified atom stereocenters. The molecular weight excluding hydrogens is 326 g/mol. The van der Waals surface area contributed by atoms with Crippen LogP contribution in [0.1, 0.15) is 12.8 Å². The molecule has 0 saturated heterocycles. The summed E-state index contributed by atoms with van der Waals surface area (Å²) in [5.74, 6) is 1.24. The molecule has 0 amide bonds. The molecule has 2 aromatic heterocycles. The highest BCUT2D eigenvalue weighted by atomic mass is 35.5. The van der Waals surface area contributed by atoms with Gasteiger partial charge in [0.25, 0.3) is 0 Å². The Morgan fingerprint density at radius 1 is 1.04 bits per heavy atom. The molecule has 1 aliphatic carbocycles. The van der Waals surface area contributed by atoms with Crippen molar-refractivity contribution >= 4 is 40.0 Å². The summed E-state index contributed by atoms with van der Waals surface area (Å²) in [6, 6.07) is 8.54. The summed E-state index contributed by atoms with van der Waals surface area (Å²) in [6.07, 6.45) is 5.09. The Balaban J connectivity index is 1.36. The summed E-state index contributed by atoms with van der Waals surface area (Å²) in [4.78, 5) is 16.9. The van der Waals surface area contributed by atoms with Crippen LogP contribution in [0.2, 0.25) is 5.15 Å². The number of hydrogen-bond donors (Lipinski definition) is 3. The second-order valence-corrected chi connectivity index (χ2v) is 6.19. The van der Waals surface area contributed by atoms with Crippen molar-refractivity contribution in [1.29, 1.82) is 0 Å². The van der Waals surface area contributed by atoms with Gasteiger partial charge in [-0.3, -0.25) is 0 Å². The van der Waals surface area contributed by atoms with Crippen LogP contribution in [0.15, 0.2) is 36.8 Å². The lowest BCUT2D eigenvalue weighted by atomic mass is 9.87. The zero-order valence-electron chi connectivity index (χ0n) is 12.8. The number of nitrogens with zero attached hydrogens (tertiary/aromatic N) is 4. The largest absolute Gasteiger partial charge is 0.393 e. The molecule has 0 atom stereocenters. The summed E-state index contributed by atoms with van der Waals surface area (Å²) in [7, 11) is 0. The number of fused-ring (bicyclic) bond motifs is 1. The van der Waals surface area contributed by atoms with E-state index >= 15 is 0 Å². The van der Waals surface area contributed by atoms with Gasteiger partial charge in [-0.1, -0.05) is 29.8 Å². The summed E-state index contributed by atoms with van der Waals surface area (Å²) in [5.41, 5.74) is 7.19. The lowest BCUT2D eigenvalue weighted by Crippen LogP contribution is -2.44. The molecule has 0 radical (unpaired) electrons. The Bertz CT molecular complexity index is 879. The van der Waals surface area contributed by atoms with Crippen LogP contribution in [0.4, 0.5) is 17.5 Å². The summed E-state index contributed by atoms with van der Waals surface area (Å²) < 4.78 is 0. The minimum absolute atomic E-state index is 0.270. The highest BCUT2D eigenvalue weighted by molar-refractivity contribution is 6.32. The highest BCUT2D eigenvalue weighted by Crippen LogP contribution is 2.29. The van der Waals surface area contributed by atoms with Crippen molar-refractivity contribution in [1.82, 2.24) is 19.9 Å². The van der Waals surface area contributed by atoms with Gasteiger partial charge in [0.2, 0.25) is 5.95 Å². The van der Waals surface area contributed by atoms with Crippen molar-refractivity contribution in [3.05, 3.63) is 41.9 Å². The van der Waals surface area contributed by atoms with Gasteiger partial charge in [-0.15, -0.1) is 0 Å². The number of rotatable bonds is 4. The molecule has 1 aliphatic rings. The Morgan fingerprint density at radius 3 is 2.71 bits per heavy atom. The molecule has 1 aromatic carbocycles. The van der Waals surface area contributed by atoms with E-state index in [0.717, 1.165) is 23.7 Å². The van der Waals surface area contributed by atoms with Gasteiger partial charge in [-0.05, 0) is 18.9 Å². The second-order valence-electron chi connectivity index (χ2n) is 5.83. The maximum atomic E-state index is 5.90. The van der Waals surface area contributed by atoms with Crippen LogP contribution in [0.5, 0.6) is 0 Å². The zero-order chi connectivity index (χ0) is 16.5. The number of benzene rings is 1. The van der Waals surface area contributed by atoms with E-state index in [0.29, 0.717) is 23.5 Å². The molecule has 4 N–H and O–H groups in total. The van der Waals surface area contributed by atoms with Crippen LogP contribution in [-0.4, -0.2) is 32.0 Å². The minimum Gasteiger partial charge on any atom is -0.393 e. The molecule has 8 heteroatoms. The molecule has 0 aliphatic heterocycles. The molecule has 1 saturated carbocycles. The van der Waals surface area contributed by atoms with E-state index in [1.165, 1.54) is 6.33 Å². The average molecular weight is 342 g/mol. The van der Waals surface area contributed by atoms with Crippen LogP contribution < -0.4 is 16.4 Å². The predicted molar refractivity (Wildman–Crippen MR) is 95.0 cm³/mol. The normalized spacial score (nSPS) is 19.7. The van der Waals surface area contributed by atoms with Crippen molar-refractivity contribution in [3.8, 4) is 0 Å². The number of para-hydroxylation sites is 1. The van der Waals surface area contributed by atoms with E-state index in [1.807, 2.05) is 30.5 Å².